The Kier molecular flexibility index (Phi) is 3.16. The molecule has 1 saturated carbocycles. The van der Waals surface area contributed by atoms with E-state index in [0.717, 1.165) is 23.7 Å². The van der Waals surface area contributed by atoms with E-state index in [4.69, 9.17) is 0 Å². The highest BCUT2D eigenvalue weighted by atomic mass is 14.9. The van der Waals surface area contributed by atoms with Gasteiger partial charge in [0.25, 0.3) is 0 Å². The van der Waals surface area contributed by atoms with Crippen molar-refractivity contribution in [2.75, 3.05) is 7.05 Å². The molecule has 5 unspecified atom stereocenters. The van der Waals surface area contributed by atoms with Crippen LogP contribution in [0.15, 0.2) is 0 Å². The van der Waals surface area contributed by atoms with Gasteiger partial charge in [0.1, 0.15) is 0 Å². The van der Waals surface area contributed by atoms with Crippen molar-refractivity contribution in [2.45, 2.75) is 40.2 Å². The zero-order valence-electron chi connectivity index (χ0n) is 9.09. The van der Waals surface area contributed by atoms with Crippen molar-refractivity contribution in [1.29, 1.82) is 0 Å². The quantitative estimate of drug-likeness (QED) is 0.684. The van der Waals surface area contributed by atoms with Crippen molar-refractivity contribution < 1.29 is 0 Å². The smallest absolute Gasteiger partial charge is 0.00641 e. The van der Waals surface area contributed by atoms with E-state index in [1.165, 1.54) is 6.42 Å². The Bertz CT molecular complexity index is 140. The number of hydrogen-bond donors (Lipinski definition) is 1. The van der Waals surface area contributed by atoms with Crippen LogP contribution in [0.4, 0.5) is 0 Å². The Labute approximate surface area is 76.9 Å². The molecule has 5 atom stereocenters. The topological polar surface area (TPSA) is 12.0 Å². The van der Waals surface area contributed by atoms with Gasteiger partial charge in [0.2, 0.25) is 0 Å². The Morgan fingerprint density at radius 2 is 1.83 bits per heavy atom. The summed E-state index contributed by atoms with van der Waals surface area (Å²) in [7, 11) is 2.06. The molecule has 0 amide bonds. The lowest BCUT2D eigenvalue weighted by atomic mass is 9.61. The third kappa shape index (κ3) is 1.66. The van der Waals surface area contributed by atoms with Gasteiger partial charge in [-0.15, -0.1) is 0 Å². The molecule has 1 aliphatic carbocycles. The summed E-state index contributed by atoms with van der Waals surface area (Å²) in [6.45, 7) is 9.45. The third-order valence-electron chi connectivity index (χ3n) is 4.14. The molecule has 0 spiro atoms. The molecule has 0 aliphatic heterocycles. The van der Waals surface area contributed by atoms with Crippen LogP contribution in [-0.2, 0) is 0 Å². The summed E-state index contributed by atoms with van der Waals surface area (Å²) in [5, 5.41) is 3.35. The number of hydrogen-bond acceptors (Lipinski definition) is 1. The molecule has 0 aromatic heterocycles. The van der Waals surface area contributed by atoms with Crippen LogP contribution in [0.5, 0.6) is 0 Å². The molecule has 0 heterocycles. The Balaban J connectivity index is 2.39. The van der Waals surface area contributed by atoms with Gasteiger partial charge in [-0.1, -0.05) is 20.8 Å². The van der Waals surface area contributed by atoms with Crippen LogP contribution in [0.2, 0.25) is 0 Å². The van der Waals surface area contributed by atoms with Crippen molar-refractivity contribution in [3.63, 3.8) is 0 Å². The van der Waals surface area contributed by atoms with E-state index in [9.17, 15) is 0 Å². The van der Waals surface area contributed by atoms with Crippen molar-refractivity contribution in [3.8, 4) is 0 Å². The molecule has 0 aromatic rings. The van der Waals surface area contributed by atoms with Crippen LogP contribution < -0.4 is 5.32 Å². The molecule has 1 heteroatoms. The molecule has 0 radical (unpaired) electrons. The summed E-state index contributed by atoms with van der Waals surface area (Å²) < 4.78 is 0. The average molecular weight is 169 g/mol. The molecule has 0 aromatic carbocycles. The zero-order chi connectivity index (χ0) is 9.30. The summed E-state index contributed by atoms with van der Waals surface area (Å²) in [4.78, 5) is 0. The van der Waals surface area contributed by atoms with Gasteiger partial charge in [-0.2, -0.15) is 0 Å². The van der Waals surface area contributed by atoms with E-state index in [0.29, 0.717) is 6.04 Å². The van der Waals surface area contributed by atoms with E-state index < -0.39 is 0 Å². The average Bonchev–Trinajstić information content (AvgIpc) is 2.10. The first kappa shape index (κ1) is 10.0. The molecular formula is C11H23N. The van der Waals surface area contributed by atoms with Gasteiger partial charge in [0, 0.05) is 6.04 Å². The molecule has 1 aliphatic rings. The molecular weight excluding hydrogens is 146 g/mol. The molecule has 1 nitrogen and oxygen atoms in total. The van der Waals surface area contributed by atoms with Gasteiger partial charge < -0.3 is 5.32 Å². The fraction of sp³-hybridized carbons (Fsp3) is 1.00. The van der Waals surface area contributed by atoms with Gasteiger partial charge in [0.05, 0.1) is 0 Å². The molecule has 0 bridgehead atoms. The Morgan fingerprint density at radius 1 is 1.25 bits per heavy atom. The van der Waals surface area contributed by atoms with E-state index in [2.05, 4.69) is 40.1 Å². The molecule has 1 fully saturated rings. The second-order valence-electron chi connectivity index (χ2n) is 4.67. The maximum atomic E-state index is 3.35. The lowest BCUT2D eigenvalue weighted by Gasteiger charge is -2.46. The van der Waals surface area contributed by atoms with Crippen LogP contribution >= 0.6 is 0 Å². The minimum absolute atomic E-state index is 0.671. The summed E-state index contributed by atoms with van der Waals surface area (Å²) in [6.07, 6.45) is 1.44. The Hall–Kier alpha value is -0.0400. The van der Waals surface area contributed by atoms with Crippen molar-refractivity contribution in [3.05, 3.63) is 0 Å². The van der Waals surface area contributed by atoms with E-state index in [1.54, 1.807) is 0 Å². The minimum Gasteiger partial charge on any atom is -0.317 e. The maximum Gasteiger partial charge on any atom is 0.00641 e. The molecule has 12 heavy (non-hydrogen) atoms. The highest BCUT2D eigenvalue weighted by molar-refractivity contribution is 4.89. The fourth-order valence-electron chi connectivity index (χ4n) is 2.41. The summed E-state index contributed by atoms with van der Waals surface area (Å²) in [5.74, 6) is 3.70. The standard InChI is InChI=1S/C11H23N/c1-7-6-11(8(7)2)9(3)10(4)12-5/h7-12H,6H2,1-5H3. The summed E-state index contributed by atoms with van der Waals surface area (Å²) in [6, 6.07) is 0.671. The molecule has 1 N–H and O–H groups in total. The van der Waals surface area contributed by atoms with Crippen molar-refractivity contribution in [1.82, 2.24) is 5.32 Å². The van der Waals surface area contributed by atoms with E-state index >= 15 is 0 Å². The lowest BCUT2D eigenvalue weighted by Crippen LogP contribution is -2.43. The minimum atomic E-state index is 0.671. The lowest BCUT2D eigenvalue weighted by molar-refractivity contribution is 0.0425. The van der Waals surface area contributed by atoms with Crippen LogP contribution in [0, 0.1) is 23.7 Å². The van der Waals surface area contributed by atoms with Crippen LogP contribution in [-0.4, -0.2) is 13.1 Å². The van der Waals surface area contributed by atoms with Gasteiger partial charge in [-0.05, 0) is 44.1 Å². The van der Waals surface area contributed by atoms with Crippen LogP contribution in [0.1, 0.15) is 34.1 Å². The van der Waals surface area contributed by atoms with Crippen molar-refractivity contribution >= 4 is 0 Å². The molecule has 0 saturated heterocycles. The van der Waals surface area contributed by atoms with Gasteiger partial charge in [0.15, 0.2) is 0 Å². The van der Waals surface area contributed by atoms with Crippen LogP contribution in [0.25, 0.3) is 0 Å². The first-order chi connectivity index (χ1) is 5.57. The molecule has 1 rings (SSSR count). The zero-order valence-corrected chi connectivity index (χ0v) is 9.09. The van der Waals surface area contributed by atoms with Crippen molar-refractivity contribution in [2.24, 2.45) is 23.7 Å². The van der Waals surface area contributed by atoms with E-state index in [1.807, 2.05) is 0 Å². The fourth-order valence-corrected chi connectivity index (χ4v) is 2.41. The van der Waals surface area contributed by atoms with E-state index in [-0.39, 0.29) is 0 Å². The third-order valence-corrected chi connectivity index (χ3v) is 4.14. The summed E-state index contributed by atoms with van der Waals surface area (Å²) in [5.41, 5.74) is 0. The normalized spacial score (nSPS) is 40.2. The highest BCUT2D eigenvalue weighted by Crippen LogP contribution is 2.44. The van der Waals surface area contributed by atoms with Gasteiger partial charge in [-0.3, -0.25) is 0 Å². The SMILES string of the molecule is CNC(C)C(C)C1CC(C)C1C. The monoisotopic (exact) mass is 169 g/mol. The predicted molar refractivity (Wildman–Crippen MR) is 54.1 cm³/mol. The van der Waals surface area contributed by atoms with Crippen LogP contribution in [0.3, 0.4) is 0 Å². The maximum absolute atomic E-state index is 3.35. The number of nitrogens with one attached hydrogen (secondary N) is 1. The van der Waals surface area contributed by atoms with Gasteiger partial charge in [-0.25, -0.2) is 0 Å². The first-order valence-electron chi connectivity index (χ1n) is 5.25. The summed E-state index contributed by atoms with van der Waals surface area (Å²) >= 11 is 0. The second-order valence-corrected chi connectivity index (χ2v) is 4.67. The second kappa shape index (κ2) is 3.78. The van der Waals surface area contributed by atoms with Gasteiger partial charge >= 0.3 is 0 Å². The Morgan fingerprint density at radius 3 is 2.17 bits per heavy atom. The predicted octanol–water partition coefficient (Wildman–Crippen LogP) is 2.52. The highest BCUT2D eigenvalue weighted by Gasteiger charge is 2.38. The largest absolute Gasteiger partial charge is 0.317 e. The number of rotatable bonds is 3. The molecule has 72 valence electrons. The first-order valence-corrected chi connectivity index (χ1v) is 5.25.